The topological polar surface area (TPSA) is 49.3 Å². The molecule has 20 heavy (non-hydrogen) atoms. The summed E-state index contributed by atoms with van der Waals surface area (Å²) in [5.74, 6) is -0.0596. The zero-order valence-electron chi connectivity index (χ0n) is 12.6. The maximum atomic E-state index is 11.9. The molecule has 0 fully saturated rings. The van der Waals surface area contributed by atoms with Crippen molar-refractivity contribution in [3.05, 3.63) is 34.9 Å². The summed E-state index contributed by atoms with van der Waals surface area (Å²) in [5, 5.41) is 13.4. The number of rotatable bonds is 6. The van der Waals surface area contributed by atoms with E-state index < -0.39 is 11.6 Å². The van der Waals surface area contributed by atoms with E-state index in [0.717, 1.165) is 5.56 Å². The lowest BCUT2D eigenvalue weighted by Gasteiger charge is -2.28. The van der Waals surface area contributed by atoms with Crippen LogP contribution >= 0.6 is 11.6 Å². The second-order valence-corrected chi connectivity index (χ2v) is 6.62. The highest BCUT2D eigenvalue weighted by Gasteiger charge is 2.23. The second-order valence-electron chi connectivity index (χ2n) is 6.22. The normalized spacial score (nSPS) is 13.3. The van der Waals surface area contributed by atoms with E-state index in [1.165, 1.54) is 0 Å². The lowest BCUT2D eigenvalue weighted by Crippen LogP contribution is -2.46. The highest BCUT2D eigenvalue weighted by Crippen LogP contribution is 2.21. The highest BCUT2D eigenvalue weighted by atomic mass is 35.5. The van der Waals surface area contributed by atoms with E-state index in [1.807, 2.05) is 52.0 Å². The molecular weight excluding hydrogens is 274 g/mol. The van der Waals surface area contributed by atoms with E-state index >= 15 is 0 Å². The average Bonchev–Trinajstić information content (AvgIpc) is 2.30. The molecule has 0 aliphatic carbocycles. The van der Waals surface area contributed by atoms with Crippen LogP contribution in [0.1, 0.15) is 39.7 Å². The van der Waals surface area contributed by atoms with Crippen molar-refractivity contribution in [1.82, 2.24) is 5.32 Å². The van der Waals surface area contributed by atoms with E-state index in [-0.39, 0.29) is 18.2 Å². The molecule has 1 rings (SSSR count). The van der Waals surface area contributed by atoms with Crippen molar-refractivity contribution in [2.75, 3.05) is 0 Å². The van der Waals surface area contributed by atoms with Gasteiger partial charge in [-0.1, -0.05) is 43.6 Å². The Bertz CT molecular complexity index is 458. The van der Waals surface area contributed by atoms with Gasteiger partial charge in [0.2, 0.25) is 5.91 Å². The Labute approximate surface area is 126 Å². The van der Waals surface area contributed by atoms with Crippen LogP contribution in [0.15, 0.2) is 24.3 Å². The van der Waals surface area contributed by atoms with Gasteiger partial charge in [0, 0.05) is 10.6 Å². The Morgan fingerprint density at radius 2 is 1.95 bits per heavy atom. The lowest BCUT2D eigenvalue weighted by atomic mass is 9.94. The number of benzene rings is 1. The van der Waals surface area contributed by atoms with E-state index in [1.54, 1.807) is 0 Å². The maximum absolute atomic E-state index is 11.9. The van der Waals surface area contributed by atoms with Gasteiger partial charge in [0.15, 0.2) is 0 Å². The molecule has 0 aliphatic heterocycles. The van der Waals surface area contributed by atoms with Crippen molar-refractivity contribution in [3.8, 4) is 0 Å². The van der Waals surface area contributed by atoms with Crippen LogP contribution in [0.3, 0.4) is 0 Å². The summed E-state index contributed by atoms with van der Waals surface area (Å²) in [4.78, 5) is 11.9. The van der Waals surface area contributed by atoms with E-state index in [2.05, 4.69) is 5.32 Å². The third-order valence-electron chi connectivity index (χ3n) is 3.23. The summed E-state index contributed by atoms with van der Waals surface area (Å²) in [6, 6.07) is 7.62. The molecule has 0 saturated carbocycles. The summed E-state index contributed by atoms with van der Waals surface area (Å²) in [6.07, 6.45) is 0.172. The minimum absolute atomic E-state index is 0.0763. The fourth-order valence-electron chi connectivity index (χ4n) is 2.02. The summed E-state index contributed by atoms with van der Waals surface area (Å²) >= 11 is 6.14. The number of halogens is 1. The number of aliphatic hydroxyl groups is 1. The molecule has 0 aliphatic rings. The summed E-state index contributed by atoms with van der Waals surface area (Å²) in [7, 11) is 0. The molecule has 1 unspecified atom stereocenters. The molecule has 1 aromatic rings. The van der Waals surface area contributed by atoms with Gasteiger partial charge in [0.1, 0.15) is 0 Å². The number of aliphatic hydroxyl groups excluding tert-OH is 1. The van der Waals surface area contributed by atoms with Gasteiger partial charge >= 0.3 is 0 Å². The third-order valence-corrected chi connectivity index (χ3v) is 3.60. The first-order valence-corrected chi connectivity index (χ1v) is 7.31. The van der Waals surface area contributed by atoms with Crippen LogP contribution in [0, 0.1) is 5.92 Å². The molecular formula is C16H24ClNO2. The summed E-state index contributed by atoms with van der Waals surface area (Å²) in [5.41, 5.74) is 0.600. The maximum Gasteiger partial charge on any atom is 0.223 e. The number of carbonyl (C=O) groups is 1. The summed E-state index contributed by atoms with van der Waals surface area (Å²) < 4.78 is 0. The molecule has 0 aromatic heterocycles. The van der Waals surface area contributed by atoms with Crippen molar-refractivity contribution in [1.29, 1.82) is 0 Å². The van der Waals surface area contributed by atoms with Crippen LogP contribution in [0.25, 0.3) is 0 Å². The van der Waals surface area contributed by atoms with E-state index in [9.17, 15) is 9.90 Å². The van der Waals surface area contributed by atoms with Gasteiger partial charge in [-0.15, -0.1) is 0 Å². The first kappa shape index (κ1) is 17.0. The zero-order chi connectivity index (χ0) is 15.3. The Morgan fingerprint density at radius 3 is 2.50 bits per heavy atom. The van der Waals surface area contributed by atoms with Crippen LogP contribution < -0.4 is 5.32 Å². The molecule has 2 N–H and O–H groups in total. The van der Waals surface area contributed by atoms with E-state index in [4.69, 9.17) is 11.6 Å². The molecule has 1 atom stereocenters. The van der Waals surface area contributed by atoms with Crippen LogP contribution in [0.2, 0.25) is 5.02 Å². The fraction of sp³-hybridized carbons (Fsp3) is 0.562. The molecule has 1 aromatic carbocycles. The molecule has 0 heterocycles. The average molecular weight is 298 g/mol. The van der Waals surface area contributed by atoms with Gasteiger partial charge < -0.3 is 10.4 Å². The Kier molecular flexibility index (Phi) is 6.03. The second kappa shape index (κ2) is 7.09. The minimum atomic E-state index is -0.605. The van der Waals surface area contributed by atoms with Crippen molar-refractivity contribution in [2.45, 2.75) is 52.2 Å². The SMILES string of the molecule is CC(C)C(O)CC(=O)NC(C)(C)Cc1ccccc1Cl. The first-order valence-electron chi connectivity index (χ1n) is 6.94. The Hall–Kier alpha value is -1.06. The van der Waals surface area contributed by atoms with E-state index in [0.29, 0.717) is 11.4 Å². The number of amides is 1. The fourth-order valence-corrected chi connectivity index (χ4v) is 2.22. The number of carbonyl (C=O) groups excluding carboxylic acids is 1. The van der Waals surface area contributed by atoms with Gasteiger partial charge in [-0.25, -0.2) is 0 Å². The molecule has 1 amide bonds. The molecule has 0 saturated heterocycles. The van der Waals surface area contributed by atoms with Gasteiger partial charge in [0.25, 0.3) is 0 Å². The zero-order valence-corrected chi connectivity index (χ0v) is 13.4. The largest absolute Gasteiger partial charge is 0.392 e. The molecule has 112 valence electrons. The first-order chi connectivity index (χ1) is 9.21. The smallest absolute Gasteiger partial charge is 0.223 e. The van der Waals surface area contributed by atoms with Crippen LogP contribution in [-0.4, -0.2) is 22.7 Å². The van der Waals surface area contributed by atoms with Crippen LogP contribution in [-0.2, 0) is 11.2 Å². The number of nitrogens with one attached hydrogen (secondary N) is 1. The Balaban J connectivity index is 2.61. The standard InChI is InChI=1S/C16H24ClNO2/c1-11(2)14(19)9-15(20)18-16(3,4)10-12-7-5-6-8-13(12)17/h5-8,11,14,19H,9-10H2,1-4H3,(H,18,20). The quantitative estimate of drug-likeness (QED) is 0.847. The lowest BCUT2D eigenvalue weighted by molar-refractivity contribution is -0.125. The third kappa shape index (κ3) is 5.51. The number of hydrogen-bond acceptors (Lipinski definition) is 2. The molecule has 3 nitrogen and oxygen atoms in total. The minimum Gasteiger partial charge on any atom is -0.392 e. The van der Waals surface area contributed by atoms with Crippen molar-refractivity contribution < 1.29 is 9.90 Å². The Morgan fingerprint density at radius 1 is 1.35 bits per heavy atom. The molecule has 0 spiro atoms. The summed E-state index contributed by atoms with van der Waals surface area (Å²) in [6.45, 7) is 7.70. The van der Waals surface area contributed by atoms with Gasteiger partial charge in [-0.3, -0.25) is 4.79 Å². The van der Waals surface area contributed by atoms with Crippen molar-refractivity contribution in [3.63, 3.8) is 0 Å². The van der Waals surface area contributed by atoms with Gasteiger partial charge in [-0.05, 0) is 37.8 Å². The predicted octanol–water partition coefficient (Wildman–Crippen LogP) is 3.18. The predicted molar refractivity (Wildman–Crippen MR) is 82.8 cm³/mol. The highest BCUT2D eigenvalue weighted by molar-refractivity contribution is 6.31. The number of hydrogen-bond donors (Lipinski definition) is 2. The van der Waals surface area contributed by atoms with Crippen molar-refractivity contribution in [2.24, 2.45) is 5.92 Å². The molecule has 0 radical (unpaired) electrons. The van der Waals surface area contributed by atoms with Crippen molar-refractivity contribution >= 4 is 17.5 Å². The van der Waals surface area contributed by atoms with Crippen LogP contribution in [0.4, 0.5) is 0 Å². The molecule has 0 bridgehead atoms. The monoisotopic (exact) mass is 297 g/mol. The molecule has 4 heteroatoms. The van der Waals surface area contributed by atoms with Gasteiger partial charge in [0.05, 0.1) is 12.5 Å². The van der Waals surface area contributed by atoms with Gasteiger partial charge in [-0.2, -0.15) is 0 Å². The van der Waals surface area contributed by atoms with Crippen LogP contribution in [0.5, 0.6) is 0 Å².